The fraction of sp³-hybridized carbons (Fsp3) is 0.100. The van der Waals surface area contributed by atoms with Crippen LogP contribution < -0.4 is 10.7 Å². The average Bonchev–Trinajstić information content (AvgIpc) is 2.62. The first-order valence-electron chi connectivity index (χ1n) is 7.80. The Balaban J connectivity index is 1.92. The Morgan fingerprint density at radius 2 is 2.00 bits per heavy atom. The van der Waals surface area contributed by atoms with E-state index in [1.54, 1.807) is 31.2 Å². The van der Waals surface area contributed by atoms with E-state index in [0.29, 0.717) is 10.6 Å². The first kappa shape index (κ1) is 17.7. The summed E-state index contributed by atoms with van der Waals surface area (Å²) >= 11 is 5.82. The Kier molecular flexibility index (Phi) is 5.06. The summed E-state index contributed by atoms with van der Waals surface area (Å²) in [6.07, 6.45) is 1.22. The molecule has 4 nitrogen and oxygen atoms in total. The maximum atomic E-state index is 14.1. The van der Waals surface area contributed by atoms with Crippen LogP contribution in [0.4, 0.5) is 4.39 Å². The normalized spacial score (nSPS) is 10.3. The van der Waals surface area contributed by atoms with Crippen molar-refractivity contribution in [1.82, 2.24) is 10.3 Å². The summed E-state index contributed by atoms with van der Waals surface area (Å²) in [7, 11) is 0. The SMILES string of the molecule is CC#Cc1cc(F)c2[nH]cc(C(=O)NCc3ccc(Cl)cc3)c(=O)c2c1. The lowest BCUT2D eigenvalue weighted by Crippen LogP contribution is -2.28. The number of fused-ring (bicyclic) bond motifs is 1. The largest absolute Gasteiger partial charge is 0.358 e. The van der Waals surface area contributed by atoms with Crippen LogP contribution in [0.25, 0.3) is 10.9 Å². The number of rotatable bonds is 3. The fourth-order valence-corrected chi connectivity index (χ4v) is 2.68. The third-order valence-corrected chi connectivity index (χ3v) is 4.07. The second-order valence-corrected chi connectivity index (χ2v) is 6.03. The molecule has 1 heterocycles. The van der Waals surface area contributed by atoms with Gasteiger partial charge in [-0.25, -0.2) is 4.39 Å². The third-order valence-electron chi connectivity index (χ3n) is 3.82. The molecule has 1 aromatic heterocycles. The lowest BCUT2D eigenvalue weighted by atomic mass is 10.1. The van der Waals surface area contributed by atoms with Crippen LogP contribution in [0.2, 0.25) is 5.02 Å². The number of carbonyl (C=O) groups is 1. The van der Waals surface area contributed by atoms with E-state index in [4.69, 9.17) is 11.6 Å². The minimum absolute atomic E-state index is 0.0471. The molecule has 0 saturated heterocycles. The van der Waals surface area contributed by atoms with Crippen molar-refractivity contribution in [2.75, 3.05) is 0 Å². The van der Waals surface area contributed by atoms with Gasteiger partial charge in [0.2, 0.25) is 5.43 Å². The molecule has 0 bridgehead atoms. The van der Waals surface area contributed by atoms with Gasteiger partial charge < -0.3 is 10.3 Å². The number of carbonyl (C=O) groups excluding carboxylic acids is 1. The van der Waals surface area contributed by atoms with Crippen molar-refractivity contribution in [1.29, 1.82) is 0 Å². The zero-order valence-corrected chi connectivity index (χ0v) is 14.6. The highest BCUT2D eigenvalue weighted by Gasteiger charge is 2.15. The second-order valence-electron chi connectivity index (χ2n) is 5.60. The molecule has 0 fully saturated rings. The quantitative estimate of drug-likeness (QED) is 0.693. The summed E-state index contributed by atoms with van der Waals surface area (Å²) in [6.45, 7) is 1.86. The van der Waals surface area contributed by atoms with Crippen LogP contribution in [-0.2, 0) is 6.54 Å². The maximum absolute atomic E-state index is 14.1. The molecule has 6 heteroatoms. The van der Waals surface area contributed by atoms with Crippen LogP contribution in [0, 0.1) is 17.7 Å². The van der Waals surface area contributed by atoms with Gasteiger partial charge in [0.05, 0.1) is 10.9 Å². The number of benzene rings is 2. The molecule has 2 N–H and O–H groups in total. The molecule has 1 amide bonds. The van der Waals surface area contributed by atoms with Crippen molar-refractivity contribution in [3.63, 3.8) is 0 Å². The Morgan fingerprint density at radius 1 is 1.27 bits per heavy atom. The Labute approximate surface area is 154 Å². The van der Waals surface area contributed by atoms with Gasteiger partial charge >= 0.3 is 0 Å². The summed E-state index contributed by atoms with van der Waals surface area (Å²) in [4.78, 5) is 27.7. The van der Waals surface area contributed by atoms with Gasteiger partial charge in [0.25, 0.3) is 5.91 Å². The van der Waals surface area contributed by atoms with Gasteiger partial charge in [0.1, 0.15) is 11.4 Å². The molecule has 0 aliphatic carbocycles. The zero-order valence-electron chi connectivity index (χ0n) is 13.8. The van der Waals surface area contributed by atoms with Gasteiger partial charge in [-0.05, 0) is 36.8 Å². The lowest BCUT2D eigenvalue weighted by molar-refractivity contribution is 0.0949. The minimum Gasteiger partial charge on any atom is -0.358 e. The number of hydrogen-bond donors (Lipinski definition) is 2. The summed E-state index contributed by atoms with van der Waals surface area (Å²) in [6, 6.07) is 9.70. The summed E-state index contributed by atoms with van der Waals surface area (Å²) in [5, 5.41) is 3.35. The van der Waals surface area contributed by atoms with Crippen LogP contribution >= 0.6 is 11.6 Å². The van der Waals surface area contributed by atoms with E-state index in [1.807, 2.05) is 0 Å². The first-order valence-corrected chi connectivity index (χ1v) is 8.17. The second kappa shape index (κ2) is 7.42. The van der Waals surface area contributed by atoms with Crippen molar-refractivity contribution < 1.29 is 9.18 Å². The molecule has 2 aromatic carbocycles. The third kappa shape index (κ3) is 3.61. The predicted octanol–water partition coefficient (Wildman–Crippen LogP) is 3.62. The van der Waals surface area contributed by atoms with E-state index < -0.39 is 17.2 Å². The molecule has 0 aliphatic rings. The Morgan fingerprint density at radius 3 is 2.69 bits per heavy atom. The number of aromatic amines is 1. The molecule has 0 atom stereocenters. The number of aromatic nitrogens is 1. The first-order chi connectivity index (χ1) is 12.5. The van der Waals surface area contributed by atoms with E-state index in [-0.39, 0.29) is 23.0 Å². The molecule has 26 heavy (non-hydrogen) atoms. The number of nitrogens with one attached hydrogen (secondary N) is 2. The number of halogens is 2. The summed E-state index contributed by atoms with van der Waals surface area (Å²) in [5.41, 5.74) is 0.623. The van der Waals surface area contributed by atoms with E-state index >= 15 is 0 Å². The molecule has 0 spiro atoms. The van der Waals surface area contributed by atoms with Crippen LogP contribution in [0.1, 0.15) is 28.4 Å². The highest BCUT2D eigenvalue weighted by Crippen LogP contribution is 2.16. The number of amides is 1. The van der Waals surface area contributed by atoms with Gasteiger partial charge in [0.15, 0.2) is 0 Å². The molecule has 130 valence electrons. The van der Waals surface area contributed by atoms with Gasteiger partial charge in [-0.15, -0.1) is 5.92 Å². The van der Waals surface area contributed by atoms with E-state index in [2.05, 4.69) is 22.1 Å². The molecular formula is C20H14ClFN2O2. The zero-order chi connectivity index (χ0) is 18.7. The monoisotopic (exact) mass is 368 g/mol. The summed E-state index contributed by atoms with van der Waals surface area (Å²) in [5.74, 6) is 4.23. The van der Waals surface area contributed by atoms with Gasteiger partial charge in [0, 0.05) is 23.3 Å². The highest BCUT2D eigenvalue weighted by atomic mass is 35.5. The molecule has 0 unspecified atom stereocenters. The predicted molar refractivity (Wildman–Crippen MR) is 99.7 cm³/mol. The smallest absolute Gasteiger partial charge is 0.257 e. The van der Waals surface area contributed by atoms with Crippen molar-refractivity contribution >= 4 is 28.4 Å². The van der Waals surface area contributed by atoms with Crippen LogP contribution in [-0.4, -0.2) is 10.9 Å². The molecule has 3 rings (SSSR count). The topological polar surface area (TPSA) is 62.0 Å². The van der Waals surface area contributed by atoms with Crippen molar-refractivity contribution in [3.8, 4) is 11.8 Å². The van der Waals surface area contributed by atoms with Crippen LogP contribution in [0.5, 0.6) is 0 Å². The van der Waals surface area contributed by atoms with E-state index in [9.17, 15) is 14.0 Å². The average molecular weight is 369 g/mol. The van der Waals surface area contributed by atoms with Crippen molar-refractivity contribution in [3.05, 3.63) is 80.3 Å². The maximum Gasteiger partial charge on any atom is 0.257 e. The highest BCUT2D eigenvalue weighted by molar-refractivity contribution is 6.30. The van der Waals surface area contributed by atoms with Gasteiger partial charge in [-0.3, -0.25) is 9.59 Å². The fourth-order valence-electron chi connectivity index (χ4n) is 2.55. The van der Waals surface area contributed by atoms with Crippen LogP contribution in [0.15, 0.2) is 47.4 Å². The molecule has 0 aliphatic heterocycles. The number of hydrogen-bond acceptors (Lipinski definition) is 2. The van der Waals surface area contributed by atoms with Crippen molar-refractivity contribution in [2.24, 2.45) is 0 Å². The minimum atomic E-state index is -0.592. The molecule has 0 radical (unpaired) electrons. The van der Waals surface area contributed by atoms with Crippen molar-refractivity contribution in [2.45, 2.75) is 13.5 Å². The number of pyridine rings is 1. The lowest BCUT2D eigenvalue weighted by Gasteiger charge is -2.07. The molecule has 3 aromatic rings. The Hall–Kier alpha value is -3.10. The van der Waals surface area contributed by atoms with Gasteiger partial charge in [-0.1, -0.05) is 29.7 Å². The Bertz CT molecular complexity index is 1110. The number of H-pyrrole nitrogens is 1. The van der Waals surface area contributed by atoms with E-state index in [0.717, 1.165) is 5.56 Å². The van der Waals surface area contributed by atoms with Gasteiger partial charge in [-0.2, -0.15) is 0 Å². The molecule has 0 saturated carbocycles. The van der Waals surface area contributed by atoms with Crippen LogP contribution in [0.3, 0.4) is 0 Å². The summed E-state index contributed by atoms with van der Waals surface area (Å²) < 4.78 is 14.1. The van der Waals surface area contributed by atoms with E-state index in [1.165, 1.54) is 18.3 Å². The molecular weight excluding hydrogens is 355 g/mol. The standard InChI is InChI=1S/C20H14ClFN2O2/c1-2-3-13-8-15-18(17(22)9-13)23-11-16(19(15)25)20(26)24-10-12-4-6-14(21)7-5-12/h4-9,11H,10H2,1H3,(H,23,25)(H,24,26).